The van der Waals surface area contributed by atoms with Crippen molar-refractivity contribution in [3.63, 3.8) is 0 Å². The fraction of sp³-hybridized carbons (Fsp3) is 0.733. The van der Waals surface area contributed by atoms with Crippen LogP contribution in [0.4, 0.5) is 0 Å². The van der Waals surface area contributed by atoms with Crippen molar-refractivity contribution < 1.29 is 5.11 Å². The van der Waals surface area contributed by atoms with Gasteiger partial charge in [0.25, 0.3) is 0 Å². The van der Waals surface area contributed by atoms with E-state index < -0.39 is 6.10 Å². The molecule has 0 aromatic heterocycles. The molecule has 1 heteroatoms. The van der Waals surface area contributed by atoms with Crippen LogP contribution in [0.25, 0.3) is 0 Å². The van der Waals surface area contributed by atoms with E-state index in [-0.39, 0.29) is 5.41 Å². The second-order valence-electron chi connectivity index (χ2n) is 6.69. The van der Waals surface area contributed by atoms with E-state index in [4.69, 9.17) is 0 Å². The third-order valence-corrected chi connectivity index (χ3v) is 2.25. The zero-order valence-electron chi connectivity index (χ0n) is 11.8. The first-order chi connectivity index (χ1) is 7.02. The summed E-state index contributed by atoms with van der Waals surface area (Å²) in [5, 5.41) is 9.76. The van der Waals surface area contributed by atoms with Crippen molar-refractivity contribution in [2.75, 3.05) is 0 Å². The minimum atomic E-state index is -0.564. The van der Waals surface area contributed by atoms with Crippen LogP contribution in [0, 0.1) is 22.7 Å². The molecule has 0 aliphatic heterocycles. The maximum atomic E-state index is 9.76. The van der Waals surface area contributed by atoms with E-state index in [1.165, 1.54) is 0 Å². The van der Waals surface area contributed by atoms with Crippen molar-refractivity contribution in [3.8, 4) is 11.8 Å². The lowest BCUT2D eigenvalue weighted by atomic mass is 9.89. The molecule has 1 atom stereocenters. The van der Waals surface area contributed by atoms with Crippen molar-refractivity contribution in [1.29, 1.82) is 0 Å². The van der Waals surface area contributed by atoms with Gasteiger partial charge in [-0.2, -0.15) is 0 Å². The molecule has 0 saturated carbocycles. The molecule has 0 radical (unpaired) electrons. The summed E-state index contributed by atoms with van der Waals surface area (Å²) in [7, 11) is 0. The first-order valence-electron chi connectivity index (χ1n) is 5.89. The Bertz CT molecular complexity index is 299. The Labute approximate surface area is 101 Å². The maximum Gasteiger partial charge on any atom is 0.119 e. The monoisotopic (exact) mass is 222 g/mol. The molecule has 0 aromatic carbocycles. The molecule has 92 valence electrons. The van der Waals surface area contributed by atoms with Crippen LogP contribution in [0.2, 0.25) is 0 Å². The van der Waals surface area contributed by atoms with E-state index >= 15 is 0 Å². The summed E-state index contributed by atoms with van der Waals surface area (Å²) in [4.78, 5) is 0. The standard InChI is InChI=1S/C15H26O/c1-12(10-11-14(2,3)4)8-9-13(16)15(5,6)7/h10,13,16H,11H2,1-7H3/b12-10-. The zero-order valence-corrected chi connectivity index (χ0v) is 11.8. The Balaban J connectivity index is 4.46. The number of hydrogen-bond acceptors (Lipinski definition) is 1. The minimum absolute atomic E-state index is 0.169. The molecule has 16 heavy (non-hydrogen) atoms. The molecular weight excluding hydrogens is 196 g/mol. The van der Waals surface area contributed by atoms with Crippen molar-refractivity contribution >= 4 is 0 Å². The molecule has 0 aliphatic carbocycles. The molecule has 0 heterocycles. The lowest BCUT2D eigenvalue weighted by Crippen LogP contribution is -2.23. The molecule has 0 bridgehead atoms. The smallest absolute Gasteiger partial charge is 0.119 e. The lowest BCUT2D eigenvalue weighted by molar-refractivity contribution is 0.114. The largest absolute Gasteiger partial charge is 0.380 e. The van der Waals surface area contributed by atoms with Gasteiger partial charge in [0.15, 0.2) is 0 Å². The van der Waals surface area contributed by atoms with Crippen molar-refractivity contribution in [2.45, 2.75) is 61.0 Å². The molecule has 1 unspecified atom stereocenters. The predicted octanol–water partition coefficient (Wildman–Crippen LogP) is 3.78. The Morgan fingerprint density at radius 2 is 1.69 bits per heavy atom. The van der Waals surface area contributed by atoms with Gasteiger partial charge in [-0.05, 0) is 29.7 Å². The van der Waals surface area contributed by atoms with E-state index in [0.717, 1.165) is 12.0 Å². The van der Waals surface area contributed by atoms with E-state index in [0.29, 0.717) is 5.41 Å². The second-order valence-corrected chi connectivity index (χ2v) is 6.69. The minimum Gasteiger partial charge on any atom is -0.380 e. The highest BCUT2D eigenvalue weighted by Crippen LogP contribution is 2.20. The van der Waals surface area contributed by atoms with Gasteiger partial charge in [0, 0.05) is 0 Å². The molecule has 0 saturated heterocycles. The fourth-order valence-corrected chi connectivity index (χ4v) is 0.909. The summed E-state index contributed by atoms with van der Waals surface area (Å²) < 4.78 is 0. The summed E-state index contributed by atoms with van der Waals surface area (Å²) >= 11 is 0. The molecule has 0 aliphatic rings. The number of aliphatic hydroxyl groups excluding tert-OH is 1. The first-order valence-corrected chi connectivity index (χ1v) is 5.89. The quantitative estimate of drug-likeness (QED) is 0.669. The molecule has 0 spiro atoms. The molecule has 0 aromatic rings. The van der Waals surface area contributed by atoms with Gasteiger partial charge in [0.05, 0.1) is 0 Å². The summed E-state index contributed by atoms with van der Waals surface area (Å²) in [6.45, 7) is 14.6. The van der Waals surface area contributed by atoms with Gasteiger partial charge in [-0.3, -0.25) is 0 Å². The van der Waals surface area contributed by atoms with Crippen LogP contribution in [0.1, 0.15) is 54.9 Å². The summed E-state index contributed by atoms with van der Waals surface area (Å²) in [5.74, 6) is 5.92. The molecule has 0 amide bonds. The van der Waals surface area contributed by atoms with Gasteiger partial charge in [-0.1, -0.05) is 59.5 Å². The van der Waals surface area contributed by atoms with Crippen molar-refractivity contribution in [3.05, 3.63) is 11.6 Å². The average Bonchev–Trinajstić information content (AvgIpc) is 2.08. The Morgan fingerprint density at radius 1 is 1.19 bits per heavy atom. The van der Waals surface area contributed by atoms with E-state index in [9.17, 15) is 5.11 Å². The fourth-order valence-electron chi connectivity index (χ4n) is 0.909. The van der Waals surface area contributed by atoms with Gasteiger partial charge in [-0.25, -0.2) is 0 Å². The number of aliphatic hydroxyl groups is 1. The van der Waals surface area contributed by atoms with Gasteiger partial charge in [0.2, 0.25) is 0 Å². The molecule has 1 nitrogen and oxygen atoms in total. The number of hydrogen-bond donors (Lipinski definition) is 1. The van der Waals surface area contributed by atoms with Crippen LogP contribution < -0.4 is 0 Å². The van der Waals surface area contributed by atoms with Crippen LogP contribution in [0.5, 0.6) is 0 Å². The summed E-state index contributed by atoms with van der Waals surface area (Å²) in [6, 6.07) is 0. The summed E-state index contributed by atoms with van der Waals surface area (Å²) in [6.07, 6.45) is 2.59. The van der Waals surface area contributed by atoms with Crippen LogP contribution in [-0.2, 0) is 0 Å². The number of allylic oxidation sites excluding steroid dienone is 2. The average molecular weight is 222 g/mol. The van der Waals surface area contributed by atoms with Crippen molar-refractivity contribution in [1.82, 2.24) is 0 Å². The van der Waals surface area contributed by atoms with Gasteiger partial charge >= 0.3 is 0 Å². The SMILES string of the molecule is C/C(C#CC(O)C(C)(C)C)=C/CC(C)(C)C. The Hall–Kier alpha value is -0.740. The van der Waals surface area contributed by atoms with Gasteiger partial charge in [-0.15, -0.1) is 0 Å². The maximum absolute atomic E-state index is 9.76. The topological polar surface area (TPSA) is 20.2 Å². The highest BCUT2D eigenvalue weighted by atomic mass is 16.3. The third kappa shape index (κ3) is 7.54. The second kappa shape index (κ2) is 5.55. The third-order valence-electron chi connectivity index (χ3n) is 2.25. The predicted molar refractivity (Wildman–Crippen MR) is 71.1 cm³/mol. The Morgan fingerprint density at radius 3 is 2.06 bits per heavy atom. The molecule has 1 N–H and O–H groups in total. The van der Waals surface area contributed by atoms with Crippen LogP contribution >= 0.6 is 0 Å². The van der Waals surface area contributed by atoms with Gasteiger partial charge < -0.3 is 5.11 Å². The van der Waals surface area contributed by atoms with E-state index in [1.807, 2.05) is 27.7 Å². The van der Waals surface area contributed by atoms with Gasteiger partial charge in [0.1, 0.15) is 6.10 Å². The summed E-state index contributed by atoms with van der Waals surface area (Å²) in [5.41, 5.74) is 1.17. The lowest BCUT2D eigenvalue weighted by Gasteiger charge is -2.20. The highest BCUT2D eigenvalue weighted by molar-refractivity contribution is 5.28. The molecule has 0 fully saturated rings. The number of rotatable bonds is 1. The van der Waals surface area contributed by atoms with Crippen LogP contribution in [0.3, 0.4) is 0 Å². The van der Waals surface area contributed by atoms with Crippen molar-refractivity contribution in [2.24, 2.45) is 10.8 Å². The first kappa shape index (κ1) is 15.3. The zero-order chi connectivity index (χ0) is 13.0. The van der Waals surface area contributed by atoms with E-state index in [1.54, 1.807) is 0 Å². The Kier molecular flexibility index (Phi) is 5.29. The molecular formula is C15H26O. The van der Waals surface area contributed by atoms with E-state index in [2.05, 4.69) is 38.7 Å². The van der Waals surface area contributed by atoms with Crippen LogP contribution in [-0.4, -0.2) is 11.2 Å². The molecule has 0 rings (SSSR count). The highest BCUT2D eigenvalue weighted by Gasteiger charge is 2.19. The normalized spacial score (nSPS) is 15.4. The van der Waals surface area contributed by atoms with Crippen LogP contribution in [0.15, 0.2) is 11.6 Å².